The van der Waals surface area contributed by atoms with E-state index in [9.17, 15) is 8.42 Å². The molecule has 19 heavy (non-hydrogen) atoms. The summed E-state index contributed by atoms with van der Waals surface area (Å²) in [7, 11) is -3.56. The van der Waals surface area contributed by atoms with Crippen molar-refractivity contribution in [2.45, 2.75) is 18.7 Å². The molecule has 0 amide bonds. The Balaban J connectivity index is 2.32. The molecular weight excluding hydrogens is 260 g/mol. The summed E-state index contributed by atoms with van der Waals surface area (Å²) in [6.07, 6.45) is 0. The Morgan fingerprint density at radius 3 is 2.16 bits per heavy atom. The molecule has 0 unspecified atom stereocenters. The fourth-order valence-corrected chi connectivity index (χ4v) is 2.79. The number of aryl methyl sites for hydroxylation is 2. The molecule has 0 heterocycles. The van der Waals surface area contributed by atoms with Gasteiger partial charge in [-0.15, -0.1) is 0 Å². The van der Waals surface area contributed by atoms with E-state index in [1.165, 1.54) is 0 Å². The van der Waals surface area contributed by atoms with Crippen molar-refractivity contribution in [3.8, 4) is 0 Å². The quantitative estimate of drug-likeness (QED) is 0.847. The lowest BCUT2D eigenvalue weighted by atomic mass is 10.1. The molecule has 0 saturated carbocycles. The van der Waals surface area contributed by atoms with Gasteiger partial charge in [-0.25, -0.2) is 8.42 Å². The zero-order valence-corrected chi connectivity index (χ0v) is 11.7. The molecule has 0 atom stereocenters. The van der Waals surface area contributed by atoms with E-state index in [1.807, 2.05) is 13.8 Å². The van der Waals surface area contributed by atoms with Crippen LogP contribution in [0, 0.1) is 13.8 Å². The maximum atomic E-state index is 12.2. The summed E-state index contributed by atoms with van der Waals surface area (Å²) in [5, 5.41) is 0. The fraction of sp³-hybridized carbons (Fsp3) is 0.143. The van der Waals surface area contributed by atoms with Crippen LogP contribution in [-0.4, -0.2) is 8.42 Å². The third-order valence-corrected chi connectivity index (χ3v) is 4.33. The van der Waals surface area contributed by atoms with E-state index in [4.69, 9.17) is 5.73 Å². The number of nitrogens with one attached hydrogen (secondary N) is 1. The second-order valence-corrected chi connectivity index (χ2v) is 6.16. The highest BCUT2D eigenvalue weighted by Gasteiger charge is 2.14. The van der Waals surface area contributed by atoms with E-state index in [2.05, 4.69) is 4.72 Å². The normalized spacial score (nSPS) is 11.3. The number of benzene rings is 2. The third-order valence-electron chi connectivity index (χ3n) is 2.95. The monoisotopic (exact) mass is 276 g/mol. The van der Waals surface area contributed by atoms with Crippen molar-refractivity contribution in [3.05, 3.63) is 53.6 Å². The molecule has 0 aliphatic rings. The lowest BCUT2D eigenvalue weighted by Gasteiger charge is -2.09. The lowest BCUT2D eigenvalue weighted by molar-refractivity contribution is 0.601. The van der Waals surface area contributed by atoms with Gasteiger partial charge in [0, 0.05) is 11.4 Å². The standard InChI is InChI=1S/C14H16N2O2S/c1-10-3-8-14(9-11(10)2)19(17,18)16-13-6-4-12(15)5-7-13/h3-9,16H,15H2,1-2H3. The van der Waals surface area contributed by atoms with Gasteiger partial charge in [-0.1, -0.05) is 6.07 Å². The second kappa shape index (κ2) is 4.93. The largest absolute Gasteiger partial charge is 0.399 e. The van der Waals surface area contributed by atoms with Crippen molar-refractivity contribution >= 4 is 21.4 Å². The van der Waals surface area contributed by atoms with Gasteiger partial charge in [0.05, 0.1) is 4.90 Å². The molecule has 0 aliphatic carbocycles. The molecule has 2 aromatic rings. The van der Waals surface area contributed by atoms with Crippen molar-refractivity contribution in [2.75, 3.05) is 10.5 Å². The number of rotatable bonds is 3. The van der Waals surface area contributed by atoms with E-state index in [-0.39, 0.29) is 4.90 Å². The summed E-state index contributed by atoms with van der Waals surface area (Å²) >= 11 is 0. The van der Waals surface area contributed by atoms with Gasteiger partial charge >= 0.3 is 0 Å². The smallest absolute Gasteiger partial charge is 0.261 e. The number of nitrogens with two attached hydrogens (primary N) is 1. The van der Waals surface area contributed by atoms with E-state index in [0.717, 1.165) is 11.1 Å². The molecule has 100 valence electrons. The van der Waals surface area contributed by atoms with Crippen molar-refractivity contribution in [1.29, 1.82) is 0 Å². The predicted octanol–water partition coefficient (Wildman–Crippen LogP) is 2.69. The zero-order chi connectivity index (χ0) is 14.0. The molecule has 0 saturated heterocycles. The molecule has 0 bridgehead atoms. The Morgan fingerprint density at radius 1 is 0.947 bits per heavy atom. The summed E-state index contributed by atoms with van der Waals surface area (Å²) in [5.41, 5.74) is 8.65. The highest BCUT2D eigenvalue weighted by atomic mass is 32.2. The maximum absolute atomic E-state index is 12.2. The molecule has 0 aromatic heterocycles. The van der Waals surface area contributed by atoms with E-state index in [1.54, 1.807) is 42.5 Å². The first-order valence-corrected chi connectivity index (χ1v) is 7.32. The van der Waals surface area contributed by atoms with Crippen LogP contribution >= 0.6 is 0 Å². The first-order valence-electron chi connectivity index (χ1n) is 5.84. The molecule has 0 radical (unpaired) electrons. The minimum Gasteiger partial charge on any atom is -0.399 e. The Morgan fingerprint density at radius 2 is 1.58 bits per heavy atom. The van der Waals surface area contributed by atoms with Gasteiger partial charge in [-0.2, -0.15) is 0 Å². The topological polar surface area (TPSA) is 72.2 Å². The van der Waals surface area contributed by atoms with Crippen molar-refractivity contribution in [2.24, 2.45) is 0 Å². The first-order chi connectivity index (χ1) is 8.88. The summed E-state index contributed by atoms with van der Waals surface area (Å²) in [5.74, 6) is 0. The number of anilines is 2. The van der Waals surface area contributed by atoms with Gasteiger partial charge in [-0.3, -0.25) is 4.72 Å². The van der Waals surface area contributed by atoms with E-state index in [0.29, 0.717) is 11.4 Å². The molecule has 0 aliphatic heterocycles. The summed E-state index contributed by atoms with van der Waals surface area (Å²) in [4.78, 5) is 0.257. The summed E-state index contributed by atoms with van der Waals surface area (Å²) < 4.78 is 26.9. The molecule has 0 spiro atoms. The molecule has 3 N–H and O–H groups in total. The molecule has 2 rings (SSSR count). The first kappa shape index (κ1) is 13.4. The Bertz CT molecular complexity index is 692. The fourth-order valence-electron chi connectivity index (χ4n) is 1.65. The van der Waals surface area contributed by atoms with Gasteiger partial charge in [0.25, 0.3) is 10.0 Å². The number of hydrogen-bond donors (Lipinski definition) is 2. The predicted molar refractivity (Wildman–Crippen MR) is 77.6 cm³/mol. The van der Waals surface area contributed by atoms with Crippen molar-refractivity contribution in [3.63, 3.8) is 0 Å². The van der Waals surface area contributed by atoms with Crippen LogP contribution in [0.25, 0.3) is 0 Å². The summed E-state index contributed by atoms with van der Waals surface area (Å²) in [6, 6.07) is 11.6. The van der Waals surface area contributed by atoms with Gasteiger partial charge in [0.2, 0.25) is 0 Å². The lowest BCUT2D eigenvalue weighted by Crippen LogP contribution is -2.13. The van der Waals surface area contributed by atoms with Crippen molar-refractivity contribution < 1.29 is 8.42 Å². The SMILES string of the molecule is Cc1ccc(S(=O)(=O)Nc2ccc(N)cc2)cc1C. The molecule has 4 nitrogen and oxygen atoms in total. The highest BCUT2D eigenvalue weighted by molar-refractivity contribution is 7.92. The Labute approximate surface area is 113 Å². The van der Waals surface area contributed by atoms with Crippen LogP contribution < -0.4 is 10.5 Å². The second-order valence-electron chi connectivity index (χ2n) is 4.47. The van der Waals surface area contributed by atoms with Gasteiger partial charge in [-0.05, 0) is 61.4 Å². The van der Waals surface area contributed by atoms with Crippen molar-refractivity contribution in [1.82, 2.24) is 0 Å². The van der Waals surface area contributed by atoms with Crippen LogP contribution in [0.2, 0.25) is 0 Å². The average Bonchev–Trinajstić information content (AvgIpc) is 2.35. The van der Waals surface area contributed by atoms with Crippen LogP contribution in [0.3, 0.4) is 0 Å². The maximum Gasteiger partial charge on any atom is 0.261 e. The zero-order valence-electron chi connectivity index (χ0n) is 10.8. The minimum absolute atomic E-state index is 0.257. The van der Waals surface area contributed by atoms with E-state index >= 15 is 0 Å². The highest BCUT2D eigenvalue weighted by Crippen LogP contribution is 2.19. The van der Waals surface area contributed by atoms with Gasteiger partial charge < -0.3 is 5.73 Å². The molecule has 0 fully saturated rings. The third kappa shape index (κ3) is 3.06. The molecule has 2 aromatic carbocycles. The van der Waals surface area contributed by atoms with Crippen LogP contribution in [0.5, 0.6) is 0 Å². The van der Waals surface area contributed by atoms with Crippen LogP contribution in [0.15, 0.2) is 47.4 Å². The van der Waals surface area contributed by atoms with E-state index < -0.39 is 10.0 Å². The van der Waals surface area contributed by atoms with Crippen LogP contribution in [0.4, 0.5) is 11.4 Å². The minimum atomic E-state index is -3.56. The number of hydrogen-bond acceptors (Lipinski definition) is 3. The van der Waals surface area contributed by atoms with Gasteiger partial charge in [0.15, 0.2) is 0 Å². The Hall–Kier alpha value is -2.01. The molecular formula is C14H16N2O2S. The number of sulfonamides is 1. The van der Waals surface area contributed by atoms with Crippen LogP contribution in [0.1, 0.15) is 11.1 Å². The Kier molecular flexibility index (Phi) is 3.48. The summed E-state index contributed by atoms with van der Waals surface area (Å²) in [6.45, 7) is 3.83. The average molecular weight is 276 g/mol. The van der Waals surface area contributed by atoms with Gasteiger partial charge in [0.1, 0.15) is 0 Å². The number of nitrogen functional groups attached to an aromatic ring is 1. The molecule has 5 heteroatoms. The van der Waals surface area contributed by atoms with Crippen LogP contribution in [-0.2, 0) is 10.0 Å².